The SMILES string of the molecule is O=C(c1ccc(Cl)cc1)N1CCCC[C@@H](Sc2nnc3ccccn23)C1=O. The molecule has 0 saturated carbocycles. The molecule has 1 atom stereocenters. The van der Waals surface area contributed by atoms with Crippen molar-refractivity contribution in [2.24, 2.45) is 0 Å². The third kappa shape index (κ3) is 3.70. The van der Waals surface area contributed by atoms with Crippen molar-refractivity contribution in [1.29, 1.82) is 0 Å². The molecule has 0 bridgehead atoms. The molecule has 2 aromatic heterocycles. The van der Waals surface area contributed by atoms with E-state index in [1.807, 2.05) is 28.8 Å². The van der Waals surface area contributed by atoms with Crippen LogP contribution >= 0.6 is 23.4 Å². The molecule has 3 heterocycles. The molecule has 1 aliphatic rings. The summed E-state index contributed by atoms with van der Waals surface area (Å²) in [6.45, 7) is 0.429. The van der Waals surface area contributed by atoms with Crippen LogP contribution in [0.3, 0.4) is 0 Å². The van der Waals surface area contributed by atoms with Gasteiger partial charge in [0.15, 0.2) is 10.8 Å². The number of aromatic nitrogens is 3. The monoisotopic (exact) mass is 400 g/mol. The number of nitrogens with zero attached hydrogens (tertiary/aromatic N) is 4. The van der Waals surface area contributed by atoms with Gasteiger partial charge < -0.3 is 0 Å². The van der Waals surface area contributed by atoms with Gasteiger partial charge in [0.25, 0.3) is 5.91 Å². The largest absolute Gasteiger partial charge is 0.278 e. The van der Waals surface area contributed by atoms with Gasteiger partial charge in [-0.05, 0) is 49.2 Å². The number of fused-ring (bicyclic) bond motifs is 1. The number of thioether (sulfide) groups is 1. The van der Waals surface area contributed by atoms with E-state index in [0.717, 1.165) is 18.5 Å². The lowest BCUT2D eigenvalue weighted by Gasteiger charge is -2.22. The summed E-state index contributed by atoms with van der Waals surface area (Å²) in [6.07, 6.45) is 4.25. The third-order valence-electron chi connectivity index (χ3n) is 4.51. The first-order valence-corrected chi connectivity index (χ1v) is 9.97. The van der Waals surface area contributed by atoms with Crippen LogP contribution in [0.2, 0.25) is 5.02 Å². The predicted molar refractivity (Wildman–Crippen MR) is 104 cm³/mol. The van der Waals surface area contributed by atoms with Crippen molar-refractivity contribution in [3.05, 3.63) is 59.2 Å². The smallest absolute Gasteiger partial charge is 0.260 e. The highest BCUT2D eigenvalue weighted by Crippen LogP contribution is 2.30. The quantitative estimate of drug-likeness (QED) is 0.627. The van der Waals surface area contributed by atoms with E-state index in [4.69, 9.17) is 11.6 Å². The van der Waals surface area contributed by atoms with Crippen molar-refractivity contribution in [3.8, 4) is 0 Å². The van der Waals surface area contributed by atoms with Crippen LogP contribution in [0.4, 0.5) is 0 Å². The molecule has 138 valence electrons. The molecule has 6 nitrogen and oxygen atoms in total. The molecule has 0 unspecified atom stereocenters. The Balaban J connectivity index is 1.57. The molecule has 1 fully saturated rings. The lowest BCUT2D eigenvalue weighted by atomic mass is 10.2. The van der Waals surface area contributed by atoms with E-state index in [9.17, 15) is 9.59 Å². The van der Waals surface area contributed by atoms with Crippen LogP contribution in [0.1, 0.15) is 29.6 Å². The van der Waals surface area contributed by atoms with E-state index >= 15 is 0 Å². The number of hydrogen-bond acceptors (Lipinski definition) is 5. The highest BCUT2D eigenvalue weighted by Gasteiger charge is 2.33. The third-order valence-corrected chi connectivity index (χ3v) is 5.97. The van der Waals surface area contributed by atoms with E-state index in [2.05, 4.69) is 10.2 Å². The van der Waals surface area contributed by atoms with Gasteiger partial charge >= 0.3 is 0 Å². The minimum atomic E-state index is -0.364. The van der Waals surface area contributed by atoms with E-state index < -0.39 is 0 Å². The summed E-state index contributed by atoms with van der Waals surface area (Å²) in [5.74, 6) is -0.458. The van der Waals surface area contributed by atoms with Crippen molar-refractivity contribution in [3.63, 3.8) is 0 Å². The van der Waals surface area contributed by atoms with Crippen LogP contribution in [0.15, 0.2) is 53.8 Å². The second-order valence-electron chi connectivity index (χ2n) is 6.32. The maximum Gasteiger partial charge on any atom is 0.260 e. The fraction of sp³-hybridized carbons (Fsp3) is 0.263. The number of halogens is 1. The molecule has 3 aromatic rings. The van der Waals surface area contributed by atoms with Crippen LogP contribution in [0, 0.1) is 0 Å². The Morgan fingerprint density at radius 2 is 1.93 bits per heavy atom. The number of imide groups is 1. The van der Waals surface area contributed by atoms with Crippen LogP contribution < -0.4 is 0 Å². The molecular formula is C19H17ClN4O2S. The summed E-state index contributed by atoms with van der Waals surface area (Å²) in [7, 11) is 0. The Morgan fingerprint density at radius 1 is 1.11 bits per heavy atom. The Kier molecular flexibility index (Phi) is 5.13. The molecule has 0 spiro atoms. The van der Waals surface area contributed by atoms with E-state index in [-0.39, 0.29) is 17.1 Å². The maximum atomic E-state index is 13.1. The second-order valence-corrected chi connectivity index (χ2v) is 7.92. The Morgan fingerprint density at radius 3 is 2.74 bits per heavy atom. The van der Waals surface area contributed by atoms with Gasteiger partial charge in [0.2, 0.25) is 5.91 Å². The van der Waals surface area contributed by atoms with Crippen LogP contribution in [-0.2, 0) is 4.79 Å². The van der Waals surface area contributed by atoms with Gasteiger partial charge in [0.1, 0.15) is 0 Å². The average Bonchev–Trinajstić information content (AvgIpc) is 3.00. The van der Waals surface area contributed by atoms with Gasteiger partial charge in [0, 0.05) is 23.3 Å². The van der Waals surface area contributed by atoms with Crippen LogP contribution in [-0.4, -0.2) is 43.1 Å². The molecule has 0 aliphatic carbocycles. The van der Waals surface area contributed by atoms with Gasteiger partial charge in [-0.1, -0.05) is 35.9 Å². The summed E-state index contributed by atoms with van der Waals surface area (Å²) in [6, 6.07) is 12.3. The number of carbonyl (C=O) groups is 2. The van der Waals surface area contributed by atoms with Crippen LogP contribution in [0.5, 0.6) is 0 Å². The molecule has 2 amide bonds. The van der Waals surface area contributed by atoms with Gasteiger partial charge in [-0.25, -0.2) is 0 Å². The summed E-state index contributed by atoms with van der Waals surface area (Å²) >= 11 is 7.26. The molecular weight excluding hydrogens is 384 g/mol. The van der Waals surface area contributed by atoms with Gasteiger partial charge in [-0.15, -0.1) is 10.2 Å². The predicted octanol–water partition coefficient (Wildman–Crippen LogP) is 3.70. The van der Waals surface area contributed by atoms with Crippen molar-refractivity contribution < 1.29 is 9.59 Å². The average molecular weight is 401 g/mol. The first-order valence-electron chi connectivity index (χ1n) is 8.71. The highest BCUT2D eigenvalue weighted by atomic mass is 35.5. The van der Waals surface area contributed by atoms with Crippen molar-refractivity contribution in [2.75, 3.05) is 6.54 Å². The van der Waals surface area contributed by atoms with Crippen LogP contribution in [0.25, 0.3) is 5.65 Å². The minimum Gasteiger partial charge on any atom is -0.278 e. The summed E-state index contributed by atoms with van der Waals surface area (Å²) < 4.78 is 1.86. The summed E-state index contributed by atoms with van der Waals surface area (Å²) in [5, 5.41) is 9.18. The zero-order chi connectivity index (χ0) is 18.8. The molecule has 0 N–H and O–H groups in total. The number of amides is 2. The summed E-state index contributed by atoms with van der Waals surface area (Å²) in [4.78, 5) is 27.3. The molecule has 1 aliphatic heterocycles. The Labute approximate surface area is 165 Å². The maximum absolute atomic E-state index is 13.1. The van der Waals surface area contributed by atoms with Crippen molar-refractivity contribution in [1.82, 2.24) is 19.5 Å². The molecule has 1 saturated heterocycles. The fourth-order valence-electron chi connectivity index (χ4n) is 3.09. The van der Waals surface area contributed by atoms with E-state index in [1.54, 1.807) is 24.3 Å². The van der Waals surface area contributed by atoms with Crippen molar-refractivity contribution >= 4 is 40.8 Å². The molecule has 1 aromatic carbocycles. The molecule has 0 radical (unpaired) electrons. The van der Waals surface area contributed by atoms with Gasteiger partial charge in [-0.3, -0.25) is 18.9 Å². The normalized spacial score (nSPS) is 17.9. The first-order chi connectivity index (χ1) is 13.1. The molecule has 27 heavy (non-hydrogen) atoms. The number of benzene rings is 1. The Bertz CT molecular complexity index is 989. The highest BCUT2D eigenvalue weighted by molar-refractivity contribution is 8.00. The number of pyridine rings is 1. The zero-order valence-electron chi connectivity index (χ0n) is 14.4. The van der Waals surface area contributed by atoms with Gasteiger partial charge in [0.05, 0.1) is 5.25 Å². The lowest BCUT2D eigenvalue weighted by Crippen LogP contribution is -2.41. The topological polar surface area (TPSA) is 67.6 Å². The minimum absolute atomic E-state index is 0.176. The molecule has 4 rings (SSSR count). The number of rotatable bonds is 3. The lowest BCUT2D eigenvalue weighted by molar-refractivity contribution is -0.127. The standard InChI is InChI=1S/C19H17ClN4O2S/c20-14-9-7-13(8-10-14)17(25)24-12-3-1-5-15(18(24)26)27-19-22-21-16-6-2-4-11-23(16)19/h2,4,6-11,15H,1,3,5,12H2/t15-/m1/s1. The zero-order valence-corrected chi connectivity index (χ0v) is 16.0. The summed E-state index contributed by atoms with van der Waals surface area (Å²) in [5.41, 5.74) is 1.20. The van der Waals surface area contributed by atoms with Crippen molar-refractivity contribution in [2.45, 2.75) is 29.7 Å². The van der Waals surface area contributed by atoms with E-state index in [0.29, 0.717) is 28.7 Å². The second kappa shape index (κ2) is 7.70. The fourth-order valence-corrected chi connectivity index (χ4v) is 4.34. The number of carbonyl (C=O) groups excluding carboxylic acids is 2. The van der Waals surface area contributed by atoms with Gasteiger partial charge in [-0.2, -0.15) is 0 Å². The molecule has 8 heteroatoms. The Hall–Kier alpha value is -2.38. The number of hydrogen-bond donors (Lipinski definition) is 0. The first kappa shape index (κ1) is 18.0. The number of likely N-dealkylation sites (tertiary alicyclic amines) is 1. The van der Waals surface area contributed by atoms with E-state index in [1.165, 1.54) is 16.7 Å².